The van der Waals surface area contributed by atoms with Crippen molar-refractivity contribution in [2.45, 2.75) is 0 Å². The number of benzene rings is 9. The van der Waals surface area contributed by atoms with Crippen molar-refractivity contribution in [3.8, 4) is 22.3 Å². The third kappa shape index (κ3) is 7.60. The molecule has 0 fully saturated rings. The van der Waals surface area contributed by atoms with E-state index in [-0.39, 0.29) is 0 Å². The summed E-state index contributed by atoms with van der Waals surface area (Å²) < 4.78 is 0. The molecule has 0 saturated carbocycles. The molecule has 0 unspecified atom stereocenters. The van der Waals surface area contributed by atoms with E-state index in [2.05, 4.69) is 239 Å². The highest BCUT2D eigenvalue weighted by Gasteiger charge is 2.23. The van der Waals surface area contributed by atoms with E-state index >= 15 is 0 Å². The van der Waals surface area contributed by atoms with Crippen LogP contribution in [0.15, 0.2) is 243 Å². The Labute approximate surface area is 345 Å². The van der Waals surface area contributed by atoms with E-state index in [1.165, 1.54) is 11.1 Å². The van der Waals surface area contributed by atoms with Gasteiger partial charge in [-0.1, -0.05) is 163 Å². The van der Waals surface area contributed by atoms with Crippen molar-refractivity contribution >= 4 is 62.8 Å². The van der Waals surface area contributed by atoms with Gasteiger partial charge in [-0.3, -0.25) is 0 Å². The maximum atomic E-state index is 7.75. The first-order valence-electron chi connectivity index (χ1n) is 19.5. The lowest BCUT2D eigenvalue weighted by Gasteiger charge is -2.32. The van der Waals surface area contributed by atoms with E-state index < -0.39 is 0 Å². The minimum atomic E-state index is 0.624. The molecule has 9 rings (SSSR count). The molecule has 0 aliphatic heterocycles. The molecule has 9 aromatic rings. The van der Waals surface area contributed by atoms with Crippen LogP contribution >= 0.6 is 11.6 Å². The van der Waals surface area contributed by atoms with E-state index in [4.69, 9.17) is 11.6 Å². The van der Waals surface area contributed by atoms with Crippen molar-refractivity contribution in [1.29, 1.82) is 0 Å². The van der Waals surface area contributed by atoms with Crippen LogP contribution in [0, 0.1) is 0 Å². The first kappa shape index (κ1) is 36.3. The number of rotatable bonds is 11. The largest absolute Gasteiger partial charge is 0.310 e. The van der Waals surface area contributed by atoms with E-state index in [0.717, 1.165) is 62.3 Å². The fourth-order valence-electron chi connectivity index (χ4n) is 7.52. The molecule has 0 aliphatic rings. The van der Waals surface area contributed by atoms with Crippen molar-refractivity contribution in [3.63, 3.8) is 0 Å². The molecular weight excluding hydrogens is 726 g/mol. The maximum Gasteiger partial charge on any atom is 0.0887 e. The highest BCUT2D eigenvalue weighted by molar-refractivity contribution is 6.36. The molecule has 0 spiro atoms. The average Bonchev–Trinajstić information content (AvgIpc) is 3.30. The van der Waals surface area contributed by atoms with Gasteiger partial charge in [0.25, 0.3) is 0 Å². The summed E-state index contributed by atoms with van der Waals surface area (Å²) >= 11 is 7.75. The Morgan fingerprint density at radius 3 is 0.914 bits per heavy atom. The average molecular weight is 766 g/mol. The Kier molecular flexibility index (Phi) is 10.5. The predicted octanol–water partition coefficient (Wildman–Crippen LogP) is 16.1. The highest BCUT2D eigenvalue weighted by Crippen LogP contribution is 2.48. The monoisotopic (exact) mass is 765 g/mol. The first-order valence-corrected chi connectivity index (χ1v) is 19.8. The molecule has 0 radical (unpaired) electrons. The van der Waals surface area contributed by atoms with Crippen molar-refractivity contribution in [2.75, 3.05) is 14.7 Å². The van der Waals surface area contributed by atoms with Gasteiger partial charge >= 0.3 is 0 Å². The molecule has 3 nitrogen and oxygen atoms in total. The molecule has 58 heavy (non-hydrogen) atoms. The Bertz CT molecular complexity index is 2670. The summed E-state index contributed by atoms with van der Waals surface area (Å²) in [5.41, 5.74) is 13.5. The molecule has 0 N–H and O–H groups in total. The summed E-state index contributed by atoms with van der Waals surface area (Å²) in [6.07, 6.45) is 0. The SMILES string of the molecule is Clc1c(N(c2ccccc2)c2ccc(-c3ccccc3)cc2)cccc1N(c1ccc(-c2ccccc2)cc1)c1cccc(N(c2ccccc2)c2ccccc2)c1. The minimum Gasteiger partial charge on any atom is -0.310 e. The fourth-order valence-corrected chi connectivity index (χ4v) is 7.82. The molecule has 278 valence electrons. The van der Waals surface area contributed by atoms with Crippen LogP contribution in [0.3, 0.4) is 0 Å². The molecule has 0 heterocycles. The molecule has 0 saturated heterocycles. The Morgan fingerprint density at radius 1 is 0.224 bits per heavy atom. The van der Waals surface area contributed by atoms with Gasteiger partial charge in [0, 0.05) is 39.8 Å². The number of halogens is 1. The van der Waals surface area contributed by atoms with Crippen LogP contribution in [0.4, 0.5) is 51.2 Å². The van der Waals surface area contributed by atoms with Crippen LogP contribution in [0.2, 0.25) is 5.02 Å². The van der Waals surface area contributed by atoms with Gasteiger partial charge in [0.05, 0.1) is 16.4 Å². The smallest absolute Gasteiger partial charge is 0.0887 e. The fraction of sp³-hybridized carbons (Fsp3) is 0. The summed E-state index contributed by atoms with van der Waals surface area (Å²) in [5, 5.41) is 0.624. The molecule has 4 heteroatoms. The summed E-state index contributed by atoms with van der Waals surface area (Å²) in [4.78, 5) is 6.79. The molecule has 0 atom stereocenters. The topological polar surface area (TPSA) is 9.72 Å². The van der Waals surface area contributed by atoms with Gasteiger partial charge in [0.2, 0.25) is 0 Å². The predicted molar refractivity (Wildman–Crippen MR) is 246 cm³/mol. The number of hydrogen-bond acceptors (Lipinski definition) is 3. The molecular formula is C54H40ClN3. The Morgan fingerprint density at radius 2 is 0.500 bits per heavy atom. The Balaban J connectivity index is 1.20. The van der Waals surface area contributed by atoms with Gasteiger partial charge in [0.15, 0.2) is 0 Å². The van der Waals surface area contributed by atoms with Gasteiger partial charge in [-0.2, -0.15) is 0 Å². The minimum absolute atomic E-state index is 0.624. The number of para-hydroxylation sites is 3. The van der Waals surface area contributed by atoms with Crippen LogP contribution in [0.5, 0.6) is 0 Å². The number of nitrogens with zero attached hydrogens (tertiary/aromatic N) is 3. The summed E-state index contributed by atoms with van der Waals surface area (Å²) in [5.74, 6) is 0. The lowest BCUT2D eigenvalue weighted by Crippen LogP contribution is -2.15. The first-order chi connectivity index (χ1) is 28.7. The third-order valence-corrected chi connectivity index (χ3v) is 10.7. The van der Waals surface area contributed by atoms with E-state index in [1.54, 1.807) is 0 Å². The molecule has 0 bridgehead atoms. The second kappa shape index (κ2) is 16.8. The summed E-state index contributed by atoms with van der Waals surface area (Å²) in [6.45, 7) is 0. The van der Waals surface area contributed by atoms with Gasteiger partial charge in [0.1, 0.15) is 0 Å². The summed E-state index contributed by atoms with van der Waals surface area (Å²) in [6, 6.07) is 84.8. The Hall–Kier alpha value is -7.33. The van der Waals surface area contributed by atoms with Gasteiger partial charge in [-0.15, -0.1) is 0 Å². The quantitative estimate of drug-likeness (QED) is 0.130. The van der Waals surface area contributed by atoms with Crippen LogP contribution in [-0.4, -0.2) is 0 Å². The second-order valence-electron chi connectivity index (χ2n) is 14.0. The molecule has 0 aliphatic carbocycles. The lowest BCUT2D eigenvalue weighted by molar-refractivity contribution is 1.24. The van der Waals surface area contributed by atoms with Crippen molar-refractivity contribution in [1.82, 2.24) is 0 Å². The van der Waals surface area contributed by atoms with E-state index in [9.17, 15) is 0 Å². The number of anilines is 9. The van der Waals surface area contributed by atoms with Crippen LogP contribution in [-0.2, 0) is 0 Å². The van der Waals surface area contributed by atoms with Crippen LogP contribution in [0.25, 0.3) is 22.3 Å². The standard InChI is InChI=1S/C54H40ClN3/c55-54-52(57(47-26-14-5-15-27-47)48-36-32-43(33-37-48)41-18-6-1-7-19-41)30-17-31-53(54)58(49-38-34-44(35-39-49)42-20-8-2-9-21-42)51-29-16-28-50(40-51)56(45-22-10-3-11-23-45)46-24-12-4-13-25-46/h1-40H. The van der Waals surface area contributed by atoms with E-state index in [1.807, 2.05) is 18.2 Å². The van der Waals surface area contributed by atoms with Crippen LogP contribution in [0.1, 0.15) is 0 Å². The van der Waals surface area contributed by atoms with E-state index in [0.29, 0.717) is 5.02 Å². The van der Waals surface area contributed by atoms with Crippen molar-refractivity contribution in [2.24, 2.45) is 0 Å². The zero-order valence-corrected chi connectivity index (χ0v) is 32.6. The molecule has 0 aromatic heterocycles. The molecule has 9 aromatic carbocycles. The zero-order chi connectivity index (χ0) is 39.1. The zero-order valence-electron chi connectivity index (χ0n) is 31.8. The third-order valence-electron chi connectivity index (χ3n) is 10.3. The highest BCUT2D eigenvalue weighted by atomic mass is 35.5. The lowest BCUT2D eigenvalue weighted by atomic mass is 10.0. The second-order valence-corrected chi connectivity index (χ2v) is 14.3. The summed E-state index contributed by atoms with van der Waals surface area (Å²) in [7, 11) is 0. The van der Waals surface area contributed by atoms with Gasteiger partial charge in [-0.05, 0) is 113 Å². The normalized spacial score (nSPS) is 10.8. The molecule has 0 amide bonds. The van der Waals surface area contributed by atoms with Crippen molar-refractivity contribution in [3.05, 3.63) is 248 Å². The van der Waals surface area contributed by atoms with Gasteiger partial charge in [-0.25, -0.2) is 0 Å². The van der Waals surface area contributed by atoms with Gasteiger partial charge < -0.3 is 14.7 Å². The number of hydrogen-bond donors (Lipinski definition) is 0. The van der Waals surface area contributed by atoms with Crippen LogP contribution < -0.4 is 14.7 Å². The van der Waals surface area contributed by atoms with Crippen molar-refractivity contribution < 1.29 is 0 Å². The maximum absolute atomic E-state index is 7.75.